The zero-order valence-corrected chi connectivity index (χ0v) is 11.5. The van der Waals surface area contributed by atoms with Gasteiger partial charge in [-0.25, -0.2) is 8.78 Å². The minimum Gasteiger partial charge on any atom is -0.381 e. The topological polar surface area (TPSA) is 21.3 Å². The van der Waals surface area contributed by atoms with Crippen LogP contribution >= 0.6 is 0 Å². The van der Waals surface area contributed by atoms with Gasteiger partial charge in [-0.2, -0.15) is 0 Å². The summed E-state index contributed by atoms with van der Waals surface area (Å²) >= 11 is 0. The van der Waals surface area contributed by atoms with Gasteiger partial charge in [0.1, 0.15) is 11.6 Å². The average Bonchev–Trinajstić information content (AvgIpc) is 2.37. The van der Waals surface area contributed by atoms with E-state index in [-0.39, 0.29) is 5.41 Å². The highest BCUT2D eigenvalue weighted by molar-refractivity contribution is 5.29. The van der Waals surface area contributed by atoms with Crippen LogP contribution in [0.3, 0.4) is 0 Å². The Hall–Kier alpha value is -1.00. The van der Waals surface area contributed by atoms with E-state index in [2.05, 4.69) is 19.2 Å². The molecule has 0 unspecified atom stereocenters. The Kier molecular flexibility index (Phi) is 4.53. The van der Waals surface area contributed by atoms with E-state index in [4.69, 9.17) is 4.74 Å². The lowest BCUT2D eigenvalue weighted by Gasteiger charge is -2.38. The number of nitrogens with one attached hydrogen (secondary N) is 1. The quantitative estimate of drug-likeness (QED) is 0.907. The molecule has 19 heavy (non-hydrogen) atoms. The summed E-state index contributed by atoms with van der Waals surface area (Å²) in [6, 6.07) is 4.23. The Labute approximate surface area is 113 Å². The van der Waals surface area contributed by atoms with E-state index >= 15 is 0 Å². The van der Waals surface area contributed by atoms with E-state index < -0.39 is 11.6 Å². The molecule has 0 saturated carbocycles. The highest BCUT2D eigenvalue weighted by Gasteiger charge is 2.36. The third kappa shape index (κ3) is 3.31. The van der Waals surface area contributed by atoms with E-state index in [1.165, 1.54) is 6.07 Å². The zero-order valence-electron chi connectivity index (χ0n) is 11.5. The van der Waals surface area contributed by atoms with Crippen LogP contribution in [0.4, 0.5) is 8.78 Å². The third-order valence-corrected chi connectivity index (χ3v) is 3.80. The average molecular weight is 269 g/mol. The molecule has 1 N–H and O–H groups in total. The van der Waals surface area contributed by atoms with Gasteiger partial charge in [-0.15, -0.1) is 0 Å². The van der Waals surface area contributed by atoms with Crippen LogP contribution in [-0.2, 0) is 10.2 Å². The molecule has 0 radical (unpaired) electrons. The van der Waals surface area contributed by atoms with Crippen molar-refractivity contribution in [3.8, 4) is 0 Å². The van der Waals surface area contributed by atoms with Gasteiger partial charge in [0.05, 0.1) is 0 Å². The third-order valence-electron chi connectivity index (χ3n) is 3.80. The molecule has 0 aliphatic carbocycles. The Balaban J connectivity index is 2.30. The fraction of sp³-hybridized carbons (Fsp3) is 0.600. The van der Waals surface area contributed by atoms with Crippen molar-refractivity contribution in [1.82, 2.24) is 5.32 Å². The molecule has 0 aromatic heterocycles. The predicted octanol–water partition coefficient (Wildman–Crippen LogP) is 3.01. The maximum atomic E-state index is 14.1. The van der Waals surface area contributed by atoms with Crippen LogP contribution in [0.2, 0.25) is 0 Å². The first kappa shape index (κ1) is 14.4. The summed E-state index contributed by atoms with van der Waals surface area (Å²) < 4.78 is 32.6. The van der Waals surface area contributed by atoms with Gasteiger partial charge in [-0.1, -0.05) is 19.9 Å². The van der Waals surface area contributed by atoms with E-state index in [9.17, 15) is 8.78 Å². The van der Waals surface area contributed by atoms with Crippen molar-refractivity contribution in [2.45, 2.75) is 38.1 Å². The summed E-state index contributed by atoms with van der Waals surface area (Å²) in [4.78, 5) is 0. The zero-order chi connectivity index (χ0) is 13.9. The minimum absolute atomic E-state index is 0.291. The fourth-order valence-corrected chi connectivity index (χ4v) is 2.62. The summed E-state index contributed by atoms with van der Waals surface area (Å²) in [5, 5.41) is 3.38. The Morgan fingerprint density at radius 3 is 2.53 bits per heavy atom. The van der Waals surface area contributed by atoms with E-state index in [0.717, 1.165) is 18.9 Å². The van der Waals surface area contributed by atoms with Gasteiger partial charge < -0.3 is 10.1 Å². The minimum atomic E-state index is -0.528. The molecule has 2 rings (SSSR count). The van der Waals surface area contributed by atoms with Crippen molar-refractivity contribution >= 4 is 0 Å². The molecule has 1 aliphatic heterocycles. The van der Waals surface area contributed by atoms with Gasteiger partial charge in [-0.05, 0) is 24.5 Å². The number of halogens is 2. The summed E-state index contributed by atoms with van der Waals surface area (Å²) in [6.45, 7) is 6.06. The molecule has 0 atom stereocenters. The van der Waals surface area contributed by atoms with E-state index in [0.29, 0.717) is 31.4 Å². The van der Waals surface area contributed by atoms with E-state index in [1.54, 1.807) is 6.07 Å². The Morgan fingerprint density at radius 2 is 1.95 bits per heavy atom. The molecular weight excluding hydrogens is 248 g/mol. The molecule has 1 aromatic rings. The van der Waals surface area contributed by atoms with Gasteiger partial charge in [0.25, 0.3) is 0 Å². The molecule has 1 aromatic carbocycles. The highest BCUT2D eigenvalue weighted by Crippen LogP contribution is 2.36. The standard InChI is InChI=1S/C15H21F2NO/c1-11(2)18-10-15(5-7-19-8-6-15)13-4-3-12(16)9-14(13)17/h3-4,9,11,18H,5-8,10H2,1-2H3. The van der Waals surface area contributed by atoms with Crippen LogP contribution in [0.5, 0.6) is 0 Å². The normalized spacial score (nSPS) is 18.8. The molecule has 106 valence electrons. The number of hydrogen-bond acceptors (Lipinski definition) is 2. The van der Waals surface area contributed by atoms with Crippen molar-refractivity contribution in [1.29, 1.82) is 0 Å². The summed E-state index contributed by atoms with van der Waals surface area (Å²) in [7, 11) is 0. The molecule has 1 fully saturated rings. The SMILES string of the molecule is CC(C)NCC1(c2ccc(F)cc2F)CCOCC1. The second kappa shape index (κ2) is 5.97. The molecule has 1 heterocycles. The summed E-state index contributed by atoms with van der Waals surface area (Å²) in [5.74, 6) is -0.979. The molecule has 4 heteroatoms. The van der Waals surface area contributed by atoms with Crippen molar-refractivity contribution in [2.24, 2.45) is 0 Å². The van der Waals surface area contributed by atoms with Crippen molar-refractivity contribution in [3.63, 3.8) is 0 Å². The first-order valence-corrected chi connectivity index (χ1v) is 6.80. The van der Waals surface area contributed by atoms with Crippen LogP contribution in [0.25, 0.3) is 0 Å². The fourth-order valence-electron chi connectivity index (χ4n) is 2.62. The molecule has 0 bridgehead atoms. The van der Waals surface area contributed by atoms with Crippen LogP contribution < -0.4 is 5.32 Å². The second-order valence-electron chi connectivity index (χ2n) is 5.55. The number of rotatable bonds is 4. The molecule has 1 aliphatic rings. The molecule has 1 saturated heterocycles. The monoisotopic (exact) mass is 269 g/mol. The van der Waals surface area contributed by atoms with Gasteiger partial charge in [0, 0.05) is 37.3 Å². The maximum Gasteiger partial charge on any atom is 0.129 e. The number of ether oxygens (including phenoxy) is 1. The lowest BCUT2D eigenvalue weighted by Crippen LogP contribution is -2.45. The number of benzene rings is 1. The summed E-state index contributed by atoms with van der Waals surface area (Å²) in [5.41, 5.74) is 0.311. The van der Waals surface area contributed by atoms with Crippen LogP contribution in [0.15, 0.2) is 18.2 Å². The van der Waals surface area contributed by atoms with Crippen molar-refractivity contribution < 1.29 is 13.5 Å². The molecular formula is C15H21F2NO. The van der Waals surface area contributed by atoms with E-state index in [1.807, 2.05) is 0 Å². The molecule has 0 spiro atoms. The van der Waals surface area contributed by atoms with Crippen LogP contribution in [0, 0.1) is 11.6 Å². The number of hydrogen-bond donors (Lipinski definition) is 1. The Bertz CT molecular complexity index is 428. The van der Waals surface area contributed by atoms with Crippen LogP contribution in [-0.4, -0.2) is 25.8 Å². The van der Waals surface area contributed by atoms with Gasteiger partial charge >= 0.3 is 0 Å². The Morgan fingerprint density at radius 1 is 1.26 bits per heavy atom. The van der Waals surface area contributed by atoms with Crippen molar-refractivity contribution in [3.05, 3.63) is 35.4 Å². The van der Waals surface area contributed by atoms with Crippen LogP contribution in [0.1, 0.15) is 32.3 Å². The van der Waals surface area contributed by atoms with Gasteiger partial charge in [-0.3, -0.25) is 0 Å². The first-order chi connectivity index (χ1) is 9.03. The lowest BCUT2D eigenvalue weighted by molar-refractivity contribution is 0.0479. The lowest BCUT2D eigenvalue weighted by atomic mass is 9.73. The largest absolute Gasteiger partial charge is 0.381 e. The van der Waals surface area contributed by atoms with Crippen molar-refractivity contribution in [2.75, 3.05) is 19.8 Å². The predicted molar refractivity (Wildman–Crippen MR) is 71.2 cm³/mol. The first-order valence-electron chi connectivity index (χ1n) is 6.80. The summed E-state index contributed by atoms with van der Waals surface area (Å²) in [6.07, 6.45) is 1.52. The second-order valence-corrected chi connectivity index (χ2v) is 5.55. The maximum absolute atomic E-state index is 14.1. The van der Waals surface area contributed by atoms with Gasteiger partial charge in [0.2, 0.25) is 0 Å². The molecule has 2 nitrogen and oxygen atoms in total. The smallest absolute Gasteiger partial charge is 0.129 e. The highest BCUT2D eigenvalue weighted by atomic mass is 19.1. The van der Waals surface area contributed by atoms with Gasteiger partial charge in [0.15, 0.2) is 0 Å². The molecule has 0 amide bonds.